The largest absolute Gasteiger partial charge is 0.243 e. The summed E-state index contributed by atoms with van der Waals surface area (Å²) in [5.41, 5.74) is 3.95. The van der Waals surface area contributed by atoms with Gasteiger partial charge in [0, 0.05) is 24.4 Å². The van der Waals surface area contributed by atoms with E-state index in [0.717, 1.165) is 29.8 Å². The summed E-state index contributed by atoms with van der Waals surface area (Å²) >= 11 is 5.97. The summed E-state index contributed by atoms with van der Waals surface area (Å²) in [4.78, 5) is 13.2. The Labute approximate surface area is 160 Å². The molecule has 0 aromatic carbocycles. The minimum atomic E-state index is 0.198. The van der Waals surface area contributed by atoms with Crippen LogP contribution in [0.2, 0.25) is 5.28 Å². The maximum atomic E-state index is 9.36. The van der Waals surface area contributed by atoms with Gasteiger partial charge in [-0.1, -0.05) is 13.3 Å². The van der Waals surface area contributed by atoms with Crippen molar-refractivity contribution in [2.24, 2.45) is 0 Å². The molecule has 0 aliphatic rings. The van der Waals surface area contributed by atoms with E-state index in [1.165, 1.54) is 0 Å². The fraction of sp³-hybridized carbons (Fsp3) is 0.222. The summed E-state index contributed by atoms with van der Waals surface area (Å²) in [6.45, 7) is 2.10. The van der Waals surface area contributed by atoms with E-state index in [4.69, 9.17) is 11.6 Å². The van der Waals surface area contributed by atoms with Crippen LogP contribution < -0.4 is 0 Å². The second-order valence-corrected chi connectivity index (χ2v) is 6.30. The first-order chi connectivity index (χ1) is 13.2. The Morgan fingerprint density at radius 3 is 2.93 bits per heavy atom. The maximum absolute atomic E-state index is 9.36. The molecule has 4 aromatic heterocycles. The van der Waals surface area contributed by atoms with Crippen molar-refractivity contribution in [2.75, 3.05) is 0 Å². The number of pyridine rings is 1. The molecule has 0 N–H and O–H groups in total. The van der Waals surface area contributed by atoms with Crippen LogP contribution in [0, 0.1) is 11.3 Å². The van der Waals surface area contributed by atoms with Gasteiger partial charge < -0.3 is 0 Å². The first kappa shape index (κ1) is 17.1. The van der Waals surface area contributed by atoms with E-state index in [0.29, 0.717) is 23.4 Å². The molecule has 0 spiro atoms. The van der Waals surface area contributed by atoms with Gasteiger partial charge in [0.25, 0.3) is 0 Å². The molecular formula is C18H15ClN8. The van der Waals surface area contributed by atoms with Gasteiger partial charge in [0.2, 0.25) is 5.28 Å². The molecule has 8 nitrogen and oxygen atoms in total. The van der Waals surface area contributed by atoms with E-state index in [2.05, 4.69) is 38.1 Å². The maximum Gasteiger partial charge on any atom is 0.243 e. The van der Waals surface area contributed by atoms with Gasteiger partial charge in [-0.05, 0) is 36.2 Å². The molecule has 27 heavy (non-hydrogen) atoms. The normalized spacial score (nSPS) is 11.0. The molecule has 134 valence electrons. The van der Waals surface area contributed by atoms with Crippen LogP contribution in [0.15, 0.2) is 36.9 Å². The summed E-state index contributed by atoms with van der Waals surface area (Å²) in [6, 6.07) is 7.51. The van der Waals surface area contributed by atoms with Crippen LogP contribution in [0.25, 0.3) is 11.5 Å². The standard InChI is InChI=1S/C18H15ClN8/c1-2-4-14-15(22-11-26-17(14)24-18(19)25-26)9-13-6-8-23-27(13)16-12(10-20)5-3-7-21-16/h3,5-8,11H,2,4,9H2,1H3. The van der Waals surface area contributed by atoms with Crippen molar-refractivity contribution in [1.82, 2.24) is 34.3 Å². The van der Waals surface area contributed by atoms with Gasteiger partial charge in [-0.25, -0.2) is 19.2 Å². The lowest BCUT2D eigenvalue weighted by Crippen LogP contribution is -2.10. The third-order valence-corrected chi connectivity index (χ3v) is 4.38. The number of rotatable bonds is 5. The Balaban J connectivity index is 1.79. The van der Waals surface area contributed by atoms with Crippen molar-refractivity contribution in [2.45, 2.75) is 26.2 Å². The molecule has 0 saturated carbocycles. The Morgan fingerprint density at radius 2 is 2.11 bits per heavy atom. The lowest BCUT2D eigenvalue weighted by Gasteiger charge is -2.11. The van der Waals surface area contributed by atoms with Crippen molar-refractivity contribution >= 4 is 17.2 Å². The first-order valence-electron chi connectivity index (χ1n) is 8.48. The average molecular weight is 379 g/mol. The minimum absolute atomic E-state index is 0.198. The highest BCUT2D eigenvalue weighted by atomic mass is 35.5. The number of hydrogen-bond acceptors (Lipinski definition) is 6. The van der Waals surface area contributed by atoms with Crippen LogP contribution in [0.1, 0.15) is 35.9 Å². The Morgan fingerprint density at radius 1 is 1.22 bits per heavy atom. The lowest BCUT2D eigenvalue weighted by molar-refractivity contribution is 0.774. The van der Waals surface area contributed by atoms with Crippen molar-refractivity contribution in [3.8, 4) is 11.9 Å². The number of hydrogen-bond donors (Lipinski definition) is 0. The second kappa shape index (κ2) is 7.13. The third-order valence-electron chi connectivity index (χ3n) is 4.22. The molecule has 4 rings (SSSR count). The fourth-order valence-corrected chi connectivity index (χ4v) is 3.21. The fourth-order valence-electron chi connectivity index (χ4n) is 3.05. The molecule has 0 fully saturated rings. The number of aryl methyl sites for hydroxylation is 1. The van der Waals surface area contributed by atoms with Crippen molar-refractivity contribution in [3.63, 3.8) is 0 Å². The van der Waals surface area contributed by atoms with Crippen LogP contribution in [-0.2, 0) is 12.8 Å². The van der Waals surface area contributed by atoms with Gasteiger partial charge >= 0.3 is 0 Å². The minimum Gasteiger partial charge on any atom is -0.240 e. The SMILES string of the molecule is CCCc1c(Cc2ccnn2-c2ncccc2C#N)ncn2nc(Cl)nc12. The van der Waals surface area contributed by atoms with E-state index >= 15 is 0 Å². The van der Waals surface area contributed by atoms with E-state index in [-0.39, 0.29) is 5.28 Å². The molecule has 0 aliphatic carbocycles. The second-order valence-electron chi connectivity index (χ2n) is 5.97. The summed E-state index contributed by atoms with van der Waals surface area (Å²) < 4.78 is 3.28. The van der Waals surface area contributed by atoms with Crippen molar-refractivity contribution in [1.29, 1.82) is 5.26 Å². The summed E-state index contributed by atoms with van der Waals surface area (Å²) in [6.07, 6.45) is 7.23. The molecule has 0 atom stereocenters. The number of nitrogens with zero attached hydrogens (tertiary/aromatic N) is 8. The molecule has 0 radical (unpaired) electrons. The summed E-state index contributed by atoms with van der Waals surface area (Å²) in [5, 5.41) is 18.0. The Bertz CT molecular complexity index is 1150. The molecule has 0 amide bonds. The molecule has 0 bridgehead atoms. The highest BCUT2D eigenvalue weighted by Crippen LogP contribution is 2.21. The van der Waals surface area contributed by atoms with Gasteiger partial charge in [0.15, 0.2) is 11.5 Å². The molecular weight excluding hydrogens is 364 g/mol. The Hall–Kier alpha value is -3.31. The first-order valence-corrected chi connectivity index (χ1v) is 8.86. The quantitative estimate of drug-likeness (QED) is 0.529. The van der Waals surface area contributed by atoms with E-state index < -0.39 is 0 Å². The number of fused-ring (bicyclic) bond motifs is 1. The van der Waals surface area contributed by atoms with E-state index in [9.17, 15) is 5.26 Å². The predicted molar refractivity (Wildman–Crippen MR) is 98.7 cm³/mol. The summed E-state index contributed by atoms with van der Waals surface area (Å²) in [7, 11) is 0. The Kier molecular flexibility index (Phi) is 4.52. The predicted octanol–water partition coefficient (Wildman–Crippen LogP) is 2.77. The zero-order valence-electron chi connectivity index (χ0n) is 14.5. The van der Waals surface area contributed by atoms with Gasteiger partial charge in [0.1, 0.15) is 12.4 Å². The van der Waals surface area contributed by atoms with Crippen LogP contribution in [0.5, 0.6) is 0 Å². The van der Waals surface area contributed by atoms with Crippen LogP contribution >= 0.6 is 11.6 Å². The zero-order valence-corrected chi connectivity index (χ0v) is 15.3. The highest BCUT2D eigenvalue weighted by molar-refractivity contribution is 6.28. The van der Waals surface area contributed by atoms with E-state index in [1.807, 2.05) is 6.07 Å². The molecule has 4 aromatic rings. The zero-order chi connectivity index (χ0) is 18.8. The van der Waals surface area contributed by atoms with Crippen molar-refractivity contribution < 1.29 is 0 Å². The summed E-state index contributed by atoms with van der Waals surface area (Å²) in [5.74, 6) is 0.503. The third kappa shape index (κ3) is 3.13. The van der Waals surface area contributed by atoms with Gasteiger partial charge in [-0.15, -0.1) is 5.10 Å². The number of nitriles is 1. The van der Waals surface area contributed by atoms with Crippen molar-refractivity contribution in [3.05, 3.63) is 64.7 Å². The number of aromatic nitrogens is 7. The topological polar surface area (TPSA) is 97.6 Å². The molecule has 4 heterocycles. The van der Waals surface area contributed by atoms with Crippen LogP contribution in [0.4, 0.5) is 0 Å². The smallest absolute Gasteiger partial charge is 0.240 e. The average Bonchev–Trinajstić information content (AvgIpc) is 3.29. The molecule has 0 saturated heterocycles. The highest BCUT2D eigenvalue weighted by Gasteiger charge is 2.17. The lowest BCUT2D eigenvalue weighted by atomic mass is 10.1. The monoisotopic (exact) mass is 378 g/mol. The molecule has 9 heteroatoms. The van der Waals surface area contributed by atoms with Gasteiger partial charge in [-0.3, -0.25) is 0 Å². The van der Waals surface area contributed by atoms with Gasteiger partial charge in [0.05, 0.1) is 17.0 Å². The van der Waals surface area contributed by atoms with Crippen LogP contribution in [0.3, 0.4) is 0 Å². The molecule has 0 unspecified atom stereocenters. The number of halogens is 1. The van der Waals surface area contributed by atoms with E-state index in [1.54, 1.807) is 40.1 Å². The van der Waals surface area contributed by atoms with Crippen LogP contribution in [-0.4, -0.2) is 34.3 Å². The molecule has 0 aliphatic heterocycles. The van der Waals surface area contributed by atoms with Gasteiger partial charge in [-0.2, -0.15) is 15.3 Å².